The lowest BCUT2D eigenvalue weighted by Crippen LogP contribution is -2.25. The molecule has 0 aliphatic rings. The van der Waals surface area contributed by atoms with Crippen LogP contribution < -0.4 is 15.3 Å². The Hall–Kier alpha value is -4.14. The molecule has 0 aliphatic carbocycles. The van der Waals surface area contributed by atoms with E-state index in [0.717, 1.165) is 11.4 Å². The molecule has 0 atom stereocenters. The zero-order valence-electron chi connectivity index (χ0n) is 18.2. The van der Waals surface area contributed by atoms with Crippen LogP contribution in [0.25, 0.3) is 0 Å². The Morgan fingerprint density at radius 3 is 2.16 bits per heavy atom. The maximum absolute atomic E-state index is 14.7. The Morgan fingerprint density at radius 2 is 1.59 bits per heavy atom. The van der Waals surface area contributed by atoms with Gasteiger partial charge in [-0.2, -0.15) is 10.2 Å². The molecule has 0 aromatic heterocycles. The quantitative estimate of drug-likeness (QED) is 0.298. The van der Waals surface area contributed by atoms with E-state index in [2.05, 4.69) is 20.4 Å². The van der Waals surface area contributed by atoms with Gasteiger partial charge in [0.2, 0.25) is 0 Å². The predicted molar refractivity (Wildman–Crippen MR) is 123 cm³/mol. The molecule has 0 saturated heterocycles. The van der Waals surface area contributed by atoms with Gasteiger partial charge in [-0.25, -0.2) is 9.18 Å². The minimum Gasteiger partial charge on any atom is -0.507 e. The molecule has 3 rings (SSSR count). The molecule has 0 unspecified atom stereocenters. The summed E-state index contributed by atoms with van der Waals surface area (Å²) in [5.74, 6) is -1.42. The van der Waals surface area contributed by atoms with Crippen molar-refractivity contribution in [2.75, 3.05) is 43.6 Å². The highest BCUT2D eigenvalue weighted by Gasteiger charge is 2.12. The van der Waals surface area contributed by atoms with Crippen molar-refractivity contribution in [2.24, 2.45) is 10.2 Å². The number of ether oxygens (including phenoxy) is 1. The highest BCUT2D eigenvalue weighted by Crippen LogP contribution is 2.28. The minimum atomic E-state index is -0.657. The van der Waals surface area contributed by atoms with Crippen LogP contribution in [0.5, 0.6) is 5.75 Å². The monoisotopic (exact) mass is 437 g/mol. The van der Waals surface area contributed by atoms with E-state index in [4.69, 9.17) is 0 Å². The summed E-state index contributed by atoms with van der Waals surface area (Å²) in [6.07, 6.45) is 0. The van der Waals surface area contributed by atoms with Gasteiger partial charge in [-0.15, -0.1) is 0 Å². The van der Waals surface area contributed by atoms with Gasteiger partial charge in [0, 0.05) is 39.0 Å². The van der Waals surface area contributed by atoms with Gasteiger partial charge in [0.25, 0.3) is 0 Å². The van der Waals surface area contributed by atoms with Gasteiger partial charge in [-0.3, -0.25) is 10.4 Å². The van der Waals surface area contributed by atoms with Crippen LogP contribution in [0.3, 0.4) is 0 Å². The second-order valence-corrected chi connectivity index (χ2v) is 7.14. The fourth-order valence-corrected chi connectivity index (χ4v) is 2.90. The van der Waals surface area contributed by atoms with E-state index >= 15 is 0 Å². The van der Waals surface area contributed by atoms with E-state index in [9.17, 15) is 14.3 Å². The summed E-state index contributed by atoms with van der Waals surface area (Å²) in [5, 5.41) is 19.5. The maximum atomic E-state index is 14.7. The Kier molecular flexibility index (Phi) is 6.89. The normalized spacial score (nSPS) is 10.8. The molecule has 0 heterocycles. The van der Waals surface area contributed by atoms with Crippen molar-refractivity contribution >= 4 is 34.4 Å². The molecule has 3 aromatic carbocycles. The van der Waals surface area contributed by atoms with Crippen LogP contribution in [-0.4, -0.2) is 39.3 Å². The smallest absolute Gasteiger partial charge is 0.341 e. The first kappa shape index (κ1) is 22.5. The van der Waals surface area contributed by atoms with Crippen LogP contribution in [0.15, 0.2) is 70.9 Å². The zero-order chi connectivity index (χ0) is 23.3. The maximum Gasteiger partial charge on any atom is 0.341 e. The SMILES string of the molecule is COC(=O)c1ccc(N=Nc2ccc(N(C)Nc3ccc(N(C)C)cc3)c(F)c2)cc1O. The summed E-state index contributed by atoms with van der Waals surface area (Å²) in [5.41, 5.74) is 5.96. The molecule has 0 saturated carbocycles. The zero-order valence-corrected chi connectivity index (χ0v) is 18.2. The molecule has 166 valence electrons. The number of anilines is 3. The molecule has 9 heteroatoms. The second-order valence-electron chi connectivity index (χ2n) is 7.14. The van der Waals surface area contributed by atoms with Gasteiger partial charge in [-0.1, -0.05) is 0 Å². The van der Waals surface area contributed by atoms with Crippen LogP contribution in [0.2, 0.25) is 0 Å². The molecule has 0 bridgehead atoms. The summed E-state index contributed by atoms with van der Waals surface area (Å²) >= 11 is 0. The summed E-state index contributed by atoms with van der Waals surface area (Å²) in [7, 11) is 6.86. The van der Waals surface area contributed by atoms with E-state index < -0.39 is 11.8 Å². The fraction of sp³-hybridized carbons (Fsp3) is 0.174. The van der Waals surface area contributed by atoms with Gasteiger partial charge in [-0.05, 0) is 48.5 Å². The van der Waals surface area contributed by atoms with Gasteiger partial charge in [0.1, 0.15) is 11.3 Å². The minimum absolute atomic E-state index is 0.0220. The number of carbonyl (C=O) groups excluding carboxylic acids is 1. The molecule has 0 aliphatic heterocycles. The molecule has 0 fully saturated rings. The Labute approximate surface area is 185 Å². The molecule has 2 N–H and O–H groups in total. The average Bonchev–Trinajstić information content (AvgIpc) is 2.77. The van der Waals surface area contributed by atoms with Gasteiger partial charge in [0.05, 0.1) is 29.9 Å². The van der Waals surface area contributed by atoms with Crippen molar-refractivity contribution < 1.29 is 19.0 Å². The number of nitrogens with one attached hydrogen (secondary N) is 1. The molecule has 0 spiro atoms. The number of hydrogen-bond donors (Lipinski definition) is 2. The lowest BCUT2D eigenvalue weighted by atomic mass is 10.2. The van der Waals surface area contributed by atoms with E-state index in [-0.39, 0.29) is 11.3 Å². The standard InChI is InChI=1S/C23H24FN5O3/c1-28(2)18-9-5-15(6-10-18)27-29(3)21-12-8-16(13-20(21)24)25-26-17-7-11-19(22(30)14-17)23(31)32-4/h5-14,27,30H,1-4H3. The molecule has 0 radical (unpaired) electrons. The number of rotatable bonds is 7. The third-order valence-corrected chi connectivity index (χ3v) is 4.64. The molecule has 32 heavy (non-hydrogen) atoms. The summed E-state index contributed by atoms with van der Waals surface area (Å²) < 4.78 is 19.2. The van der Waals surface area contributed by atoms with Crippen LogP contribution in [-0.2, 0) is 4.74 Å². The van der Waals surface area contributed by atoms with Crippen molar-refractivity contribution in [3.63, 3.8) is 0 Å². The van der Waals surface area contributed by atoms with Gasteiger partial charge in [0.15, 0.2) is 5.82 Å². The van der Waals surface area contributed by atoms with Crippen molar-refractivity contribution in [3.8, 4) is 5.75 Å². The number of hydrazine groups is 1. The first-order chi connectivity index (χ1) is 15.3. The average molecular weight is 437 g/mol. The predicted octanol–water partition coefficient (Wildman–Crippen LogP) is 5.26. The van der Waals surface area contributed by atoms with Crippen molar-refractivity contribution in [1.82, 2.24) is 0 Å². The van der Waals surface area contributed by atoms with Gasteiger partial charge < -0.3 is 14.7 Å². The first-order valence-electron chi connectivity index (χ1n) is 9.69. The topological polar surface area (TPSA) is 89.8 Å². The number of nitrogens with zero attached hydrogens (tertiary/aromatic N) is 4. The molecule has 0 amide bonds. The number of aromatic hydroxyl groups is 1. The largest absolute Gasteiger partial charge is 0.507 e. The highest BCUT2D eigenvalue weighted by molar-refractivity contribution is 5.92. The third kappa shape index (κ3) is 5.31. The summed E-state index contributed by atoms with van der Waals surface area (Å²) in [4.78, 5) is 13.5. The van der Waals surface area contributed by atoms with E-state index in [0.29, 0.717) is 17.1 Å². The Morgan fingerprint density at radius 1 is 0.969 bits per heavy atom. The first-order valence-corrected chi connectivity index (χ1v) is 9.69. The fourth-order valence-electron chi connectivity index (χ4n) is 2.90. The number of carbonyl (C=O) groups is 1. The van der Waals surface area contributed by atoms with Crippen molar-refractivity contribution in [1.29, 1.82) is 0 Å². The van der Waals surface area contributed by atoms with Crippen molar-refractivity contribution in [2.45, 2.75) is 0 Å². The molecular weight excluding hydrogens is 413 g/mol. The number of phenols is 1. The number of phenolic OH excluding ortho intramolecular Hbond substituents is 1. The van der Waals surface area contributed by atoms with Crippen LogP contribution >= 0.6 is 0 Å². The molecule has 8 nitrogen and oxygen atoms in total. The van der Waals surface area contributed by atoms with Gasteiger partial charge >= 0.3 is 5.97 Å². The Balaban J connectivity index is 1.70. The van der Waals surface area contributed by atoms with E-state index in [1.165, 1.54) is 31.4 Å². The number of hydrogen-bond acceptors (Lipinski definition) is 8. The Bertz CT molecular complexity index is 1130. The third-order valence-electron chi connectivity index (χ3n) is 4.64. The lowest BCUT2D eigenvalue weighted by Gasteiger charge is -2.22. The lowest BCUT2D eigenvalue weighted by molar-refractivity contribution is 0.0597. The second kappa shape index (κ2) is 9.78. The van der Waals surface area contributed by atoms with Crippen LogP contribution in [0.4, 0.5) is 32.8 Å². The van der Waals surface area contributed by atoms with E-state index in [1.807, 2.05) is 43.3 Å². The molecular formula is C23H24FN5O3. The summed E-state index contributed by atoms with van der Waals surface area (Å²) in [6, 6.07) is 16.4. The number of halogens is 1. The number of azo groups is 1. The number of benzene rings is 3. The van der Waals surface area contributed by atoms with Crippen molar-refractivity contribution in [3.05, 3.63) is 72.0 Å². The van der Waals surface area contributed by atoms with Crippen LogP contribution in [0.1, 0.15) is 10.4 Å². The highest BCUT2D eigenvalue weighted by atomic mass is 19.1. The molecule has 3 aromatic rings. The van der Waals surface area contributed by atoms with Crippen LogP contribution in [0, 0.1) is 5.82 Å². The summed E-state index contributed by atoms with van der Waals surface area (Å²) in [6.45, 7) is 0. The number of esters is 1. The van der Waals surface area contributed by atoms with E-state index in [1.54, 1.807) is 24.2 Å². The number of methoxy groups -OCH3 is 1.